The number of benzene rings is 2. The van der Waals surface area contributed by atoms with Crippen LogP contribution in [0.2, 0.25) is 0 Å². The highest BCUT2D eigenvalue weighted by atomic mass is 32.2. The molecule has 1 aliphatic rings. The van der Waals surface area contributed by atoms with Crippen LogP contribution in [0, 0.1) is 0 Å². The number of fused-ring (bicyclic) bond motifs is 1. The maximum atomic E-state index is 12.6. The number of nitrogens with zero attached hydrogens (tertiary/aromatic N) is 1. The minimum Gasteiger partial charge on any atom is -0.452 e. The third-order valence-corrected chi connectivity index (χ3v) is 5.92. The molecule has 142 valence electrons. The van der Waals surface area contributed by atoms with Gasteiger partial charge in [-0.3, -0.25) is 9.00 Å². The number of hydrogen-bond acceptors (Lipinski definition) is 4. The maximum absolute atomic E-state index is 12.6. The van der Waals surface area contributed by atoms with Crippen molar-refractivity contribution in [2.24, 2.45) is 0 Å². The second kappa shape index (κ2) is 8.48. The average Bonchev–Trinajstić information content (AvgIpc) is 2.70. The first-order valence-electron chi connectivity index (χ1n) is 8.92. The molecular weight excluding hydrogens is 362 g/mol. The van der Waals surface area contributed by atoms with Crippen molar-refractivity contribution in [1.82, 2.24) is 4.90 Å². The molecule has 0 radical (unpaired) electrons. The third kappa shape index (κ3) is 4.27. The van der Waals surface area contributed by atoms with Crippen LogP contribution in [0.1, 0.15) is 40.4 Å². The molecule has 0 aliphatic heterocycles. The summed E-state index contributed by atoms with van der Waals surface area (Å²) in [4.78, 5) is 27.0. The summed E-state index contributed by atoms with van der Waals surface area (Å²) >= 11 is 0. The lowest BCUT2D eigenvalue weighted by molar-refractivity contribution is -0.135. The predicted octanol–water partition coefficient (Wildman–Crippen LogP) is 3.12. The van der Waals surface area contributed by atoms with Crippen molar-refractivity contribution in [2.45, 2.75) is 30.2 Å². The SMILES string of the molecule is CN(C(=O)COC(=O)c1ccccc1[S@@](C)=O)[C@H]1CCCc2ccccc21. The van der Waals surface area contributed by atoms with E-state index in [4.69, 9.17) is 4.74 Å². The number of amides is 1. The van der Waals surface area contributed by atoms with Gasteiger partial charge < -0.3 is 9.64 Å². The quantitative estimate of drug-likeness (QED) is 0.742. The first-order chi connectivity index (χ1) is 13.0. The summed E-state index contributed by atoms with van der Waals surface area (Å²) in [6.07, 6.45) is 4.44. The number of carbonyl (C=O) groups excluding carboxylic acids is 2. The van der Waals surface area contributed by atoms with E-state index < -0.39 is 16.8 Å². The second-order valence-corrected chi connectivity index (χ2v) is 7.99. The fourth-order valence-electron chi connectivity index (χ4n) is 3.50. The zero-order valence-electron chi connectivity index (χ0n) is 15.5. The maximum Gasteiger partial charge on any atom is 0.339 e. The van der Waals surface area contributed by atoms with Gasteiger partial charge in [-0.25, -0.2) is 4.79 Å². The minimum absolute atomic E-state index is 0.00316. The van der Waals surface area contributed by atoms with Gasteiger partial charge in [-0.2, -0.15) is 0 Å². The molecular formula is C21H23NO4S. The summed E-state index contributed by atoms with van der Waals surface area (Å²) < 4.78 is 17.0. The van der Waals surface area contributed by atoms with E-state index in [1.165, 1.54) is 11.8 Å². The Kier molecular flexibility index (Phi) is 6.06. The number of hydrogen-bond donors (Lipinski definition) is 0. The summed E-state index contributed by atoms with van der Waals surface area (Å²) in [5.41, 5.74) is 2.67. The number of likely N-dealkylation sites (N-methyl/N-ethyl adjacent to an activating group) is 1. The average molecular weight is 385 g/mol. The molecule has 5 nitrogen and oxygen atoms in total. The number of ether oxygens (including phenoxy) is 1. The molecule has 0 fully saturated rings. The first-order valence-corrected chi connectivity index (χ1v) is 10.5. The largest absolute Gasteiger partial charge is 0.452 e. The van der Waals surface area contributed by atoms with Crippen LogP contribution in [0.5, 0.6) is 0 Å². The molecule has 2 atom stereocenters. The third-order valence-electron chi connectivity index (χ3n) is 4.94. The Morgan fingerprint density at radius 2 is 1.85 bits per heavy atom. The lowest BCUT2D eigenvalue weighted by Crippen LogP contribution is -2.36. The van der Waals surface area contributed by atoms with E-state index in [0.29, 0.717) is 4.90 Å². The van der Waals surface area contributed by atoms with Crippen molar-refractivity contribution in [2.75, 3.05) is 19.9 Å². The standard InChI is InChI=1S/C21H23NO4S/c1-22(18-12-7-9-15-8-3-4-10-16(15)18)20(23)14-26-21(24)17-11-5-6-13-19(17)27(2)25/h3-6,8,10-11,13,18H,7,9,12,14H2,1-2H3/t18-,27+/m0/s1. The smallest absolute Gasteiger partial charge is 0.339 e. The van der Waals surface area contributed by atoms with E-state index >= 15 is 0 Å². The number of rotatable bonds is 5. The first kappa shape index (κ1) is 19.3. The van der Waals surface area contributed by atoms with E-state index in [-0.39, 0.29) is 24.1 Å². The van der Waals surface area contributed by atoms with Gasteiger partial charge in [0.05, 0.1) is 27.3 Å². The van der Waals surface area contributed by atoms with Gasteiger partial charge >= 0.3 is 5.97 Å². The van der Waals surface area contributed by atoms with Crippen LogP contribution in [0.15, 0.2) is 53.4 Å². The molecule has 0 saturated carbocycles. The molecule has 2 aromatic rings. The topological polar surface area (TPSA) is 63.7 Å². The van der Waals surface area contributed by atoms with Crippen LogP contribution in [0.25, 0.3) is 0 Å². The normalized spacial score (nSPS) is 16.9. The van der Waals surface area contributed by atoms with Gasteiger partial charge in [0.1, 0.15) is 0 Å². The van der Waals surface area contributed by atoms with Crippen LogP contribution in [0.4, 0.5) is 0 Å². The van der Waals surface area contributed by atoms with Gasteiger partial charge in [-0.1, -0.05) is 36.4 Å². The Morgan fingerprint density at radius 3 is 2.63 bits per heavy atom. The summed E-state index contributed by atoms with van der Waals surface area (Å²) in [5, 5.41) is 0. The Morgan fingerprint density at radius 1 is 1.15 bits per heavy atom. The van der Waals surface area contributed by atoms with Crippen LogP contribution in [-0.2, 0) is 26.8 Å². The highest BCUT2D eigenvalue weighted by molar-refractivity contribution is 7.84. The summed E-state index contributed by atoms with van der Waals surface area (Å²) in [7, 11) is 0.439. The van der Waals surface area contributed by atoms with Crippen molar-refractivity contribution in [1.29, 1.82) is 0 Å². The molecule has 0 N–H and O–H groups in total. The van der Waals surface area contributed by atoms with Gasteiger partial charge in [-0.05, 0) is 42.5 Å². The Balaban J connectivity index is 1.66. The van der Waals surface area contributed by atoms with Crippen LogP contribution in [0.3, 0.4) is 0 Å². The Labute approximate surface area is 161 Å². The monoisotopic (exact) mass is 385 g/mol. The van der Waals surface area contributed by atoms with E-state index in [0.717, 1.165) is 24.8 Å². The van der Waals surface area contributed by atoms with Gasteiger partial charge in [-0.15, -0.1) is 0 Å². The molecule has 3 rings (SSSR count). The number of carbonyl (C=O) groups is 2. The van der Waals surface area contributed by atoms with E-state index in [1.807, 2.05) is 12.1 Å². The molecule has 6 heteroatoms. The van der Waals surface area contributed by atoms with Crippen LogP contribution < -0.4 is 0 Å². The van der Waals surface area contributed by atoms with Crippen molar-refractivity contribution >= 4 is 22.7 Å². The van der Waals surface area contributed by atoms with E-state index in [1.54, 1.807) is 36.2 Å². The van der Waals surface area contributed by atoms with Crippen molar-refractivity contribution in [3.05, 3.63) is 65.2 Å². The van der Waals surface area contributed by atoms with Gasteiger partial charge in [0, 0.05) is 13.3 Å². The molecule has 1 amide bonds. The highest BCUT2D eigenvalue weighted by Gasteiger charge is 2.27. The molecule has 2 aromatic carbocycles. The van der Waals surface area contributed by atoms with Crippen LogP contribution >= 0.6 is 0 Å². The lowest BCUT2D eigenvalue weighted by atomic mass is 9.87. The molecule has 0 unspecified atom stereocenters. The summed E-state index contributed by atoms with van der Waals surface area (Å²) in [6, 6.07) is 14.7. The molecule has 0 spiro atoms. The van der Waals surface area contributed by atoms with E-state index in [2.05, 4.69) is 12.1 Å². The Hall–Kier alpha value is -2.47. The van der Waals surface area contributed by atoms with Gasteiger partial charge in [0.2, 0.25) is 0 Å². The van der Waals surface area contributed by atoms with E-state index in [9.17, 15) is 13.8 Å². The summed E-state index contributed by atoms with van der Waals surface area (Å²) in [6.45, 7) is -0.335. The molecule has 27 heavy (non-hydrogen) atoms. The number of aryl methyl sites for hydroxylation is 1. The summed E-state index contributed by atoms with van der Waals surface area (Å²) in [5.74, 6) is -0.883. The fraction of sp³-hybridized carbons (Fsp3) is 0.333. The van der Waals surface area contributed by atoms with Gasteiger partial charge in [0.25, 0.3) is 5.91 Å². The number of esters is 1. The molecule has 0 aromatic heterocycles. The minimum atomic E-state index is -1.31. The molecule has 0 bridgehead atoms. The molecule has 1 aliphatic carbocycles. The van der Waals surface area contributed by atoms with Gasteiger partial charge in [0.15, 0.2) is 6.61 Å². The predicted molar refractivity (Wildman–Crippen MR) is 104 cm³/mol. The molecule has 0 heterocycles. The zero-order valence-corrected chi connectivity index (χ0v) is 16.3. The highest BCUT2D eigenvalue weighted by Crippen LogP contribution is 2.33. The second-order valence-electron chi connectivity index (χ2n) is 6.64. The van der Waals surface area contributed by atoms with Crippen molar-refractivity contribution < 1.29 is 18.5 Å². The van der Waals surface area contributed by atoms with Crippen molar-refractivity contribution in [3.63, 3.8) is 0 Å². The molecule has 0 saturated heterocycles. The zero-order chi connectivity index (χ0) is 19.4. The Bertz CT molecular complexity index is 880. The van der Waals surface area contributed by atoms with Crippen LogP contribution in [-0.4, -0.2) is 40.9 Å². The fourth-order valence-corrected chi connectivity index (χ4v) is 4.23. The lowest BCUT2D eigenvalue weighted by Gasteiger charge is -2.33. The van der Waals surface area contributed by atoms with Crippen molar-refractivity contribution in [3.8, 4) is 0 Å².